The van der Waals surface area contributed by atoms with Gasteiger partial charge in [-0.15, -0.1) is 0 Å². The maximum atomic E-state index is 2.40. The van der Waals surface area contributed by atoms with E-state index in [-0.39, 0.29) is 0 Å². The minimum atomic E-state index is -0.775. The standard InChI is InChI=1S/C10H24SSi/c1-5-11-9-10-12(6-2,7-3)8-4/h5-10H2,1-4H3. The van der Waals surface area contributed by atoms with Crippen molar-refractivity contribution < 1.29 is 0 Å². The van der Waals surface area contributed by atoms with Crippen LogP contribution in [0.2, 0.25) is 24.2 Å². The van der Waals surface area contributed by atoms with Gasteiger partial charge in [0.15, 0.2) is 0 Å². The number of thioether (sulfide) groups is 1. The second-order valence-corrected chi connectivity index (χ2v) is 10.5. The molecule has 2 heteroatoms. The van der Waals surface area contributed by atoms with E-state index in [2.05, 4.69) is 39.5 Å². The molecular weight excluding hydrogens is 180 g/mol. The molecule has 0 aliphatic carbocycles. The largest absolute Gasteiger partial charge is 0.163 e. The summed E-state index contributed by atoms with van der Waals surface area (Å²) in [6.07, 6.45) is 0. The molecule has 0 aromatic heterocycles. The zero-order valence-corrected chi connectivity index (χ0v) is 11.0. The zero-order valence-electron chi connectivity index (χ0n) is 9.15. The molecule has 0 saturated heterocycles. The van der Waals surface area contributed by atoms with E-state index in [9.17, 15) is 0 Å². The molecule has 0 spiro atoms. The monoisotopic (exact) mass is 204 g/mol. The third-order valence-electron chi connectivity index (χ3n) is 3.23. The molecule has 0 fully saturated rings. The highest BCUT2D eigenvalue weighted by Crippen LogP contribution is 2.26. The van der Waals surface area contributed by atoms with Crippen molar-refractivity contribution in [2.75, 3.05) is 11.5 Å². The smallest absolute Gasteiger partial charge is 0.0535 e. The lowest BCUT2D eigenvalue weighted by atomic mass is 10.9. The molecule has 0 bridgehead atoms. The first-order chi connectivity index (χ1) is 5.74. The second-order valence-electron chi connectivity index (χ2n) is 3.51. The molecule has 0 nitrogen and oxygen atoms in total. The van der Waals surface area contributed by atoms with Gasteiger partial charge in [-0.05, 0) is 17.5 Å². The van der Waals surface area contributed by atoms with Gasteiger partial charge in [0.2, 0.25) is 0 Å². The van der Waals surface area contributed by atoms with Crippen molar-refractivity contribution in [3.05, 3.63) is 0 Å². The predicted molar refractivity (Wildman–Crippen MR) is 65.0 cm³/mol. The minimum Gasteiger partial charge on any atom is -0.163 e. The van der Waals surface area contributed by atoms with Crippen LogP contribution < -0.4 is 0 Å². The Morgan fingerprint density at radius 1 is 0.917 bits per heavy atom. The summed E-state index contributed by atoms with van der Waals surface area (Å²) in [5.74, 6) is 2.71. The van der Waals surface area contributed by atoms with Crippen LogP contribution in [0.3, 0.4) is 0 Å². The van der Waals surface area contributed by atoms with Crippen molar-refractivity contribution >= 4 is 19.8 Å². The first-order valence-electron chi connectivity index (χ1n) is 5.32. The van der Waals surface area contributed by atoms with Crippen molar-refractivity contribution in [3.8, 4) is 0 Å². The van der Waals surface area contributed by atoms with Crippen LogP contribution in [-0.4, -0.2) is 19.6 Å². The van der Waals surface area contributed by atoms with Crippen LogP contribution in [0.15, 0.2) is 0 Å². The summed E-state index contributed by atoms with van der Waals surface area (Å²) >= 11 is 2.12. The lowest BCUT2D eigenvalue weighted by Gasteiger charge is -2.27. The minimum absolute atomic E-state index is 0.775. The Balaban J connectivity index is 3.76. The van der Waals surface area contributed by atoms with Gasteiger partial charge in [-0.1, -0.05) is 45.8 Å². The van der Waals surface area contributed by atoms with Crippen LogP contribution in [0.5, 0.6) is 0 Å². The van der Waals surface area contributed by atoms with E-state index in [1.165, 1.54) is 29.6 Å². The van der Waals surface area contributed by atoms with Crippen molar-refractivity contribution in [1.29, 1.82) is 0 Å². The molecule has 0 radical (unpaired) electrons. The molecule has 74 valence electrons. The van der Waals surface area contributed by atoms with Crippen molar-refractivity contribution in [2.24, 2.45) is 0 Å². The lowest BCUT2D eigenvalue weighted by molar-refractivity contribution is 1.12. The van der Waals surface area contributed by atoms with Gasteiger partial charge in [-0.3, -0.25) is 0 Å². The molecule has 0 heterocycles. The van der Waals surface area contributed by atoms with E-state index in [1.807, 2.05) is 0 Å². The molecule has 0 aliphatic rings. The summed E-state index contributed by atoms with van der Waals surface area (Å²) in [7, 11) is -0.775. The summed E-state index contributed by atoms with van der Waals surface area (Å²) in [5.41, 5.74) is 0. The molecule has 0 saturated carbocycles. The van der Waals surface area contributed by atoms with Gasteiger partial charge < -0.3 is 0 Å². The quantitative estimate of drug-likeness (QED) is 0.441. The molecule has 0 aliphatic heterocycles. The molecule has 0 amide bonds. The highest BCUT2D eigenvalue weighted by Gasteiger charge is 2.25. The Morgan fingerprint density at radius 3 is 1.75 bits per heavy atom. The SMILES string of the molecule is CCSCC[Si](CC)(CC)CC. The van der Waals surface area contributed by atoms with Crippen LogP contribution in [0, 0.1) is 0 Å². The van der Waals surface area contributed by atoms with E-state index in [1.54, 1.807) is 6.04 Å². The third kappa shape index (κ3) is 3.99. The van der Waals surface area contributed by atoms with Crippen molar-refractivity contribution in [3.63, 3.8) is 0 Å². The van der Waals surface area contributed by atoms with Crippen LogP contribution in [-0.2, 0) is 0 Å². The molecule has 0 aromatic carbocycles. The molecular formula is C10H24SSi. The van der Waals surface area contributed by atoms with Gasteiger partial charge in [-0.25, -0.2) is 0 Å². The average molecular weight is 204 g/mol. The Labute approximate surface area is 83.5 Å². The van der Waals surface area contributed by atoms with E-state index in [0.29, 0.717) is 0 Å². The summed E-state index contributed by atoms with van der Waals surface area (Å²) in [6.45, 7) is 9.46. The van der Waals surface area contributed by atoms with Crippen LogP contribution in [0.4, 0.5) is 0 Å². The molecule has 0 rings (SSSR count). The third-order valence-corrected chi connectivity index (χ3v) is 10.3. The summed E-state index contributed by atoms with van der Waals surface area (Å²) in [5, 5.41) is 0. The van der Waals surface area contributed by atoms with Crippen molar-refractivity contribution in [2.45, 2.75) is 51.9 Å². The second kappa shape index (κ2) is 7.02. The Morgan fingerprint density at radius 2 is 1.42 bits per heavy atom. The fraction of sp³-hybridized carbons (Fsp3) is 1.00. The van der Waals surface area contributed by atoms with Gasteiger partial charge >= 0.3 is 0 Å². The Kier molecular flexibility index (Phi) is 7.35. The van der Waals surface area contributed by atoms with Gasteiger partial charge in [0, 0.05) is 0 Å². The fourth-order valence-corrected chi connectivity index (χ4v) is 6.87. The van der Waals surface area contributed by atoms with Crippen molar-refractivity contribution in [1.82, 2.24) is 0 Å². The number of hydrogen-bond donors (Lipinski definition) is 0. The van der Waals surface area contributed by atoms with E-state index in [0.717, 1.165) is 0 Å². The molecule has 0 N–H and O–H groups in total. The molecule has 0 atom stereocenters. The van der Waals surface area contributed by atoms with Gasteiger partial charge in [0.1, 0.15) is 0 Å². The molecule has 12 heavy (non-hydrogen) atoms. The highest BCUT2D eigenvalue weighted by molar-refractivity contribution is 7.99. The average Bonchev–Trinajstić information content (AvgIpc) is 2.14. The molecule has 0 unspecified atom stereocenters. The number of rotatable bonds is 7. The van der Waals surface area contributed by atoms with Gasteiger partial charge in [-0.2, -0.15) is 11.8 Å². The van der Waals surface area contributed by atoms with E-state index in [4.69, 9.17) is 0 Å². The predicted octanol–water partition coefficient (Wildman–Crippen LogP) is 4.25. The van der Waals surface area contributed by atoms with Gasteiger partial charge in [0.05, 0.1) is 8.07 Å². The van der Waals surface area contributed by atoms with Gasteiger partial charge in [0.25, 0.3) is 0 Å². The maximum Gasteiger partial charge on any atom is 0.0535 e. The highest BCUT2D eigenvalue weighted by atomic mass is 32.2. The fourth-order valence-electron chi connectivity index (χ4n) is 1.71. The van der Waals surface area contributed by atoms with Crippen LogP contribution in [0.1, 0.15) is 27.7 Å². The number of hydrogen-bond acceptors (Lipinski definition) is 1. The topological polar surface area (TPSA) is 0 Å². The summed E-state index contributed by atoms with van der Waals surface area (Å²) < 4.78 is 0. The van der Waals surface area contributed by atoms with Crippen LogP contribution in [0.25, 0.3) is 0 Å². The zero-order chi connectivity index (χ0) is 9.45. The Bertz CT molecular complexity index is 91.7. The van der Waals surface area contributed by atoms with Crippen LogP contribution >= 0.6 is 11.8 Å². The van der Waals surface area contributed by atoms with E-state index >= 15 is 0 Å². The Hall–Kier alpha value is 0.567. The summed E-state index contributed by atoms with van der Waals surface area (Å²) in [4.78, 5) is 0. The lowest BCUT2D eigenvalue weighted by Crippen LogP contribution is -2.31. The summed E-state index contributed by atoms with van der Waals surface area (Å²) in [6, 6.07) is 6.02. The first-order valence-corrected chi connectivity index (χ1v) is 9.30. The molecule has 0 aromatic rings. The van der Waals surface area contributed by atoms with E-state index < -0.39 is 8.07 Å². The maximum absolute atomic E-state index is 2.40. The first kappa shape index (κ1) is 12.6. The normalized spacial score (nSPS) is 12.0.